The number of halogens is 6. The third-order valence-electron chi connectivity index (χ3n) is 10.4. The van der Waals surface area contributed by atoms with E-state index in [9.17, 15) is 32.0 Å². The summed E-state index contributed by atoms with van der Waals surface area (Å²) in [4.78, 5) is 24.7. The first-order valence-electron chi connectivity index (χ1n) is 16.2. The molecule has 1 unspecified atom stereocenters. The van der Waals surface area contributed by atoms with Crippen molar-refractivity contribution in [1.29, 1.82) is 5.26 Å². The van der Waals surface area contributed by atoms with E-state index in [-0.39, 0.29) is 59.1 Å². The van der Waals surface area contributed by atoms with Crippen LogP contribution in [0.4, 0.5) is 31.3 Å². The average Bonchev–Trinajstić information content (AvgIpc) is 3.79. The van der Waals surface area contributed by atoms with Crippen LogP contribution < -0.4 is 15.2 Å². The molecule has 51 heavy (non-hydrogen) atoms. The van der Waals surface area contributed by atoms with Gasteiger partial charge in [-0.1, -0.05) is 12.6 Å². The number of nitrogens with zero attached hydrogens (tertiary/aromatic N) is 5. The third-order valence-corrected chi connectivity index (χ3v) is 11.4. The number of thiophene rings is 1. The largest absolute Gasteiger partial charge is 0.471 e. The van der Waals surface area contributed by atoms with Crippen molar-refractivity contribution >= 4 is 43.2 Å². The van der Waals surface area contributed by atoms with Crippen LogP contribution in [0, 0.1) is 23.0 Å². The van der Waals surface area contributed by atoms with Crippen molar-refractivity contribution in [3.05, 3.63) is 53.6 Å². The van der Waals surface area contributed by atoms with Crippen LogP contribution in [0.25, 0.3) is 32.1 Å². The van der Waals surface area contributed by atoms with Gasteiger partial charge in [-0.2, -0.15) is 28.4 Å². The van der Waals surface area contributed by atoms with Crippen LogP contribution in [0.15, 0.2) is 30.9 Å². The Hall–Kier alpha value is -4.62. The molecule has 0 radical (unpaired) electrons. The van der Waals surface area contributed by atoms with Gasteiger partial charge in [0.25, 0.3) is 0 Å². The summed E-state index contributed by atoms with van der Waals surface area (Å²) in [5, 5.41) is 8.96. The number of anilines is 1. The Kier molecular flexibility index (Phi) is 8.37. The number of alkyl halides is 4. The van der Waals surface area contributed by atoms with E-state index in [0.717, 1.165) is 24.6 Å². The summed E-state index contributed by atoms with van der Waals surface area (Å²) in [6.07, 6.45) is -4.00. The van der Waals surface area contributed by atoms with Crippen LogP contribution in [-0.4, -0.2) is 75.3 Å². The summed E-state index contributed by atoms with van der Waals surface area (Å²) in [6, 6.07) is 3.89. The van der Waals surface area contributed by atoms with Gasteiger partial charge in [-0.05, 0) is 57.0 Å². The molecule has 9 nitrogen and oxygen atoms in total. The summed E-state index contributed by atoms with van der Waals surface area (Å²) >= 11 is 0.660. The molecule has 5 heterocycles. The Labute approximate surface area is 292 Å². The molecule has 268 valence electrons. The lowest BCUT2D eigenvalue weighted by Gasteiger charge is -2.35. The Morgan fingerprint density at radius 3 is 2.73 bits per heavy atom. The maximum absolute atomic E-state index is 17.0. The fraction of sp³-hybridized carbons (Fsp3) is 0.429. The zero-order valence-electron chi connectivity index (χ0n) is 27.5. The van der Waals surface area contributed by atoms with Crippen LogP contribution in [-0.2, 0) is 11.0 Å². The van der Waals surface area contributed by atoms with Gasteiger partial charge >= 0.3 is 12.2 Å². The van der Waals surface area contributed by atoms with Gasteiger partial charge < -0.3 is 20.1 Å². The molecule has 7 rings (SSSR count). The fourth-order valence-corrected chi connectivity index (χ4v) is 8.83. The number of amides is 1. The van der Waals surface area contributed by atoms with E-state index in [4.69, 9.17) is 15.2 Å². The Bertz CT molecular complexity index is 2150. The quantitative estimate of drug-likeness (QED) is 0.157. The SMILES string of the molecule is C=CC(=O)N1CCC(Oc2nc(OC[C@@]34CCCN3C[C@H](F)C4)nc3c(F)c(-c4ccc(F)c5sc(N)c(C#N)c45)c(C(F)(F)F)cc23)C1(C)C. The highest BCUT2D eigenvalue weighted by Gasteiger charge is 2.50. The highest BCUT2D eigenvalue weighted by atomic mass is 32.1. The molecule has 3 fully saturated rings. The molecule has 0 spiro atoms. The number of nitrogen functional groups attached to an aromatic ring is 1. The van der Waals surface area contributed by atoms with Crippen molar-refractivity contribution < 1.29 is 40.6 Å². The predicted molar refractivity (Wildman–Crippen MR) is 178 cm³/mol. The molecule has 4 aromatic rings. The number of nitriles is 1. The van der Waals surface area contributed by atoms with E-state index in [1.165, 1.54) is 4.90 Å². The van der Waals surface area contributed by atoms with Gasteiger partial charge in [-0.3, -0.25) is 9.69 Å². The van der Waals surface area contributed by atoms with Crippen LogP contribution in [0.1, 0.15) is 50.7 Å². The number of nitrogens with two attached hydrogens (primary N) is 1. The van der Waals surface area contributed by atoms with E-state index in [0.29, 0.717) is 30.4 Å². The molecule has 2 aromatic carbocycles. The van der Waals surface area contributed by atoms with Crippen molar-refractivity contribution in [2.24, 2.45) is 0 Å². The number of hydrogen-bond donors (Lipinski definition) is 1. The van der Waals surface area contributed by atoms with Crippen LogP contribution in [0.5, 0.6) is 11.9 Å². The number of benzene rings is 2. The van der Waals surface area contributed by atoms with Crippen molar-refractivity contribution in [2.45, 2.75) is 69.1 Å². The molecule has 0 saturated carbocycles. The summed E-state index contributed by atoms with van der Waals surface area (Å²) in [5.74, 6) is -3.09. The molecule has 3 aliphatic heterocycles. The smallest absolute Gasteiger partial charge is 0.417 e. The number of rotatable bonds is 7. The van der Waals surface area contributed by atoms with E-state index in [1.54, 1.807) is 19.9 Å². The highest BCUT2D eigenvalue weighted by Crippen LogP contribution is 2.49. The monoisotopic (exact) mass is 730 g/mol. The standard InChI is InChI=1S/C35H32F6N6O3S/c1-4-24(48)47-11-8-23(33(47,2)3)50-31-19-12-21(35(39,40)41)26(18-6-7-22(37)29-25(18)20(14-42)30(43)51-29)27(38)28(19)44-32(45-31)49-16-34-9-5-10-46(34)15-17(36)13-34/h4,6-7,12,17,23H,1,5,8-11,13,15-16,43H2,2-3H3/t17-,23?,34+/m1/s1. The normalized spacial score (nSPS) is 23.2. The van der Waals surface area contributed by atoms with Crippen molar-refractivity contribution in [3.63, 3.8) is 0 Å². The first kappa shape index (κ1) is 34.8. The number of carbonyl (C=O) groups is 1. The molecule has 0 bridgehead atoms. The average molecular weight is 731 g/mol. The molecule has 2 N–H and O–H groups in total. The van der Waals surface area contributed by atoms with Gasteiger partial charge in [-0.25, -0.2) is 13.2 Å². The van der Waals surface area contributed by atoms with E-state index >= 15 is 4.39 Å². The lowest BCUT2D eigenvalue weighted by Crippen LogP contribution is -2.49. The molecule has 1 amide bonds. The third kappa shape index (κ3) is 5.61. The van der Waals surface area contributed by atoms with E-state index in [2.05, 4.69) is 16.5 Å². The highest BCUT2D eigenvalue weighted by molar-refractivity contribution is 7.23. The summed E-state index contributed by atoms with van der Waals surface area (Å²) in [7, 11) is 0. The fourth-order valence-electron chi connectivity index (χ4n) is 7.88. The molecular weight excluding hydrogens is 698 g/mol. The minimum absolute atomic E-state index is 0.0672. The van der Waals surface area contributed by atoms with Crippen LogP contribution >= 0.6 is 11.3 Å². The zero-order chi connectivity index (χ0) is 36.6. The molecule has 3 saturated heterocycles. The number of fused-ring (bicyclic) bond motifs is 3. The van der Waals surface area contributed by atoms with Crippen molar-refractivity contribution in [3.8, 4) is 29.1 Å². The lowest BCUT2D eigenvalue weighted by atomic mass is 9.92. The summed E-state index contributed by atoms with van der Waals surface area (Å²) in [5.41, 5.74) is 0.564. The number of ether oxygens (including phenoxy) is 2. The van der Waals surface area contributed by atoms with Crippen LogP contribution in [0.2, 0.25) is 0 Å². The molecule has 3 aliphatic rings. The second-order valence-corrected chi connectivity index (χ2v) is 14.7. The minimum atomic E-state index is -5.16. The zero-order valence-corrected chi connectivity index (χ0v) is 28.4. The first-order valence-corrected chi connectivity index (χ1v) is 17.1. The Morgan fingerprint density at radius 1 is 1.25 bits per heavy atom. The maximum atomic E-state index is 17.0. The first-order chi connectivity index (χ1) is 24.1. The maximum Gasteiger partial charge on any atom is 0.417 e. The second kappa shape index (κ2) is 12.3. The van der Waals surface area contributed by atoms with Gasteiger partial charge in [0, 0.05) is 36.9 Å². The van der Waals surface area contributed by atoms with Gasteiger partial charge in [0.1, 0.15) is 41.3 Å². The number of likely N-dealkylation sites (tertiary alicyclic amines) is 1. The topological polar surface area (TPSA) is 118 Å². The second-order valence-electron chi connectivity index (χ2n) is 13.7. The van der Waals surface area contributed by atoms with Crippen molar-refractivity contribution in [1.82, 2.24) is 19.8 Å². The van der Waals surface area contributed by atoms with Gasteiger partial charge in [0.05, 0.1) is 32.3 Å². The van der Waals surface area contributed by atoms with Gasteiger partial charge in [0.2, 0.25) is 11.8 Å². The molecule has 0 aliphatic carbocycles. The van der Waals surface area contributed by atoms with Gasteiger partial charge in [-0.15, -0.1) is 11.3 Å². The number of hydrogen-bond acceptors (Lipinski definition) is 9. The molecular formula is C35H32F6N6O3S. The predicted octanol–water partition coefficient (Wildman–Crippen LogP) is 7.16. The minimum Gasteiger partial charge on any atom is -0.471 e. The lowest BCUT2D eigenvalue weighted by molar-refractivity contribution is -0.137. The summed E-state index contributed by atoms with van der Waals surface area (Å²) < 4.78 is 103. The molecule has 16 heteroatoms. The Balaban J connectivity index is 1.43. The Morgan fingerprint density at radius 2 is 2.02 bits per heavy atom. The van der Waals surface area contributed by atoms with Gasteiger partial charge in [0.15, 0.2) is 5.82 Å². The van der Waals surface area contributed by atoms with Crippen molar-refractivity contribution in [2.75, 3.05) is 32.0 Å². The summed E-state index contributed by atoms with van der Waals surface area (Å²) in [6.45, 7) is 8.04. The number of aromatic nitrogens is 2. The van der Waals surface area contributed by atoms with E-state index < -0.39 is 80.6 Å². The number of carbonyl (C=O) groups excluding carboxylic acids is 1. The molecule has 3 atom stereocenters. The van der Waals surface area contributed by atoms with E-state index in [1.807, 2.05) is 4.90 Å². The molecule has 2 aromatic heterocycles. The van der Waals surface area contributed by atoms with Crippen LogP contribution in [0.3, 0.4) is 0 Å².